The number of nitrogens with zero attached hydrogens (tertiary/aromatic N) is 2. The van der Waals surface area contributed by atoms with Crippen molar-refractivity contribution in [1.82, 2.24) is 9.55 Å². The molecule has 13 heteroatoms. The summed E-state index contributed by atoms with van der Waals surface area (Å²) in [6, 6.07) is 0. The lowest BCUT2D eigenvalue weighted by Crippen LogP contribution is -2.39. The third-order valence-corrected chi connectivity index (χ3v) is 4.04. The Balaban J connectivity index is 2.43. The molecule has 1 aliphatic rings. The molecule has 1 aromatic heterocycles. The summed E-state index contributed by atoms with van der Waals surface area (Å²) >= 11 is 0. The van der Waals surface area contributed by atoms with Gasteiger partial charge in [-0.1, -0.05) is 0 Å². The van der Waals surface area contributed by atoms with E-state index in [4.69, 9.17) is 19.8 Å². The molecule has 1 saturated heterocycles. The van der Waals surface area contributed by atoms with Crippen molar-refractivity contribution >= 4 is 28.0 Å². The van der Waals surface area contributed by atoms with Gasteiger partial charge in [-0.2, -0.15) is 13.4 Å². The molecule has 0 aromatic carbocycles. The number of hydrogen-bond acceptors (Lipinski definition) is 10. The van der Waals surface area contributed by atoms with Crippen molar-refractivity contribution in [2.24, 2.45) is 0 Å². The second kappa shape index (κ2) is 7.51. The molecule has 0 unspecified atom stereocenters. The first-order valence-corrected chi connectivity index (χ1v) is 8.97. The van der Waals surface area contributed by atoms with Gasteiger partial charge >= 0.3 is 11.7 Å². The number of carboxylic acids is 1. The maximum absolute atomic E-state index is 12.1. The van der Waals surface area contributed by atoms with Crippen LogP contribution in [0.4, 0.5) is 5.82 Å². The van der Waals surface area contributed by atoms with E-state index in [0.29, 0.717) is 0 Å². The lowest BCUT2D eigenvalue weighted by molar-refractivity contribution is -0.131. The molecule has 26 heavy (non-hydrogen) atoms. The standard InChI is InChI=1S/C13H17N3O9S/c1-26(22,23)25-10-7(5-17)24-12(9(10)20)16-4-6(2-3-8(18)19)11(14)15-13(16)21/h2-4,7,9-10,12,17,20H,5H2,1H3,(H,18,19)(H2,14,15,21)/b3-2+/t7-,9-,10+,12-/m1/s1. The summed E-state index contributed by atoms with van der Waals surface area (Å²) in [5.74, 6) is -1.51. The van der Waals surface area contributed by atoms with Gasteiger partial charge in [-0.15, -0.1) is 0 Å². The van der Waals surface area contributed by atoms with Crippen molar-refractivity contribution in [1.29, 1.82) is 0 Å². The van der Waals surface area contributed by atoms with E-state index in [1.165, 1.54) is 0 Å². The third-order valence-electron chi connectivity index (χ3n) is 3.47. The predicted octanol–water partition coefficient (Wildman–Crippen LogP) is -2.48. The van der Waals surface area contributed by atoms with E-state index in [9.17, 15) is 28.2 Å². The Labute approximate surface area is 147 Å². The lowest BCUT2D eigenvalue weighted by Gasteiger charge is -2.19. The van der Waals surface area contributed by atoms with Crippen LogP contribution in [0.2, 0.25) is 0 Å². The second-order valence-corrected chi connectivity index (χ2v) is 7.05. The Hall–Kier alpha value is -2.32. The highest BCUT2D eigenvalue weighted by atomic mass is 32.2. The van der Waals surface area contributed by atoms with Gasteiger partial charge in [-0.3, -0.25) is 8.75 Å². The van der Waals surface area contributed by atoms with Crippen LogP contribution in [0.25, 0.3) is 6.08 Å². The van der Waals surface area contributed by atoms with E-state index in [2.05, 4.69) is 4.98 Å². The molecule has 0 radical (unpaired) electrons. The Bertz CT molecular complexity index is 879. The zero-order chi connectivity index (χ0) is 19.6. The zero-order valence-electron chi connectivity index (χ0n) is 13.4. The molecule has 2 heterocycles. The van der Waals surface area contributed by atoms with Crippen LogP contribution in [0, 0.1) is 0 Å². The third kappa shape index (κ3) is 4.44. The number of nitrogens with two attached hydrogens (primary N) is 1. The Morgan fingerprint density at radius 2 is 2.19 bits per heavy atom. The highest BCUT2D eigenvalue weighted by molar-refractivity contribution is 7.86. The van der Waals surface area contributed by atoms with Gasteiger partial charge in [0.2, 0.25) is 0 Å². The number of carboxylic acid groups (broad SMARTS) is 1. The van der Waals surface area contributed by atoms with Crippen LogP contribution in [-0.2, 0) is 23.8 Å². The topological polar surface area (TPSA) is 191 Å². The van der Waals surface area contributed by atoms with Crippen molar-refractivity contribution in [2.75, 3.05) is 18.6 Å². The van der Waals surface area contributed by atoms with Crippen LogP contribution < -0.4 is 11.4 Å². The molecule has 5 N–H and O–H groups in total. The smallest absolute Gasteiger partial charge is 0.351 e. The van der Waals surface area contributed by atoms with Crippen LogP contribution in [0.1, 0.15) is 11.8 Å². The van der Waals surface area contributed by atoms with Gasteiger partial charge in [0, 0.05) is 17.8 Å². The maximum atomic E-state index is 12.1. The fourth-order valence-corrected chi connectivity index (χ4v) is 3.03. The Kier molecular flexibility index (Phi) is 5.77. The summed E-state index contributed by atoms with van der Waals surface area (Å²) in [6.07, 6.45) is -2.06. The molecule has 1 aliphatic heterocycles. The molecular weight excluding hydrogens is 374 g/mol. The van der Waals surface area contributed by atoms with Crippen molar-refractivity contribution in [3.05, 3.63) is 28.3 Å². The van der Waals surface area contributed by atoms with Crippen LogP contribution >= 0.6 is 0 Å². The minimum absolute atomic E-state index is 0.0517. The second-order valence-electron chi connectivity index (χ2n) is 5.45. The molecule has 0 spiro atoms. The van der Waals surface area contributed by atoms with Gasteiger partial charge in [0.25, 0.3) is 10.1 Å². The number of carbonyl (C=O) groups is 1. The average Bonchev–Trinajstić information content (AvgIpc) is 2.81. The Morgan fingerprint density at radius 1 is 1.54 bits per heavy atom. The molecule has 0 bridgehead atoms. The summed E-state index contributed by atoms with van der Waals surface area (Å²) in [4.78, 5) is 26.2. The quantitative estimate of drug-likeness (QED) is 0.296. The number of aromatic nitrogens is 2. The fraction of sp³-hybridized carbons (Fsp3) is 0.462. The van der Waals surface area contributed by atoms with Crippen molar-refractivity contribution in [2.45, 2.75) is 24.5 Å². The van der Waals surface area contributed by atoms with E-state index in [1.54, 1.807) is 0 Å². The normalized spacial score (nSPS) is 26.4. The highest BCUT2D eigenvalue weighted by Crippen LogP contribution is 2.31. The number of aliphatic carboxylic acids is 1. The van der Waals surface area contributed by atoms with Crippen LogP contribution in [0.5, 0.6) is 0 Å². The van der Waals surface area contributed by atoms with Crippen LogP contribution in [0.15, 0.2) is 17.1 Å². The molecule has 2 rings (SSSR count). The average molecular weight is 391 g/mol. The largest absolute Gasteiger partial charge is 0.478 e. The molecule has 1 aromatic rings. The first-order chi connectivity index (χ1) is 12.0. The molecule has 1 fully saturated rings. The SMILES string of the molecule is CS(=O)(=O)O[C@@H]1[C@@H](O)[C@H](n2cc(/C=C/C(=O)O)c(N)nc2=O)O[C@@H]1CO. The van der Waals surface area contributed by atoms with Gasteiger partial charge < -0.3 is 25.8 Å². The molecule has 4 atom stereocenters. The van der Waals surface area contributed by atoms with Gasteiger partial charge in [0.1, 0.15) is 24.1 Å². The Morgan fingerprint density at radius 3 is 2.73 bits per heavy atom. The van der Waals surface area contributed by atoms with Crippen molar-refractivity contribution in [3.8, 4) is 0 Å². The number of anilines is 1. The molecule has 12 nitrogen and oxygen atoms in total. The van der Waals surface area contributed by atoms with Gasteiger partial charge in [-0.05, 0) is 6.08 Å². The summed E-state index contributed by atoms with van der Waals surface area (Å²) in [6.45, 7) is -0.684. The van der Waals surface area contributed by atoms with Crippen LogP contribution in [-0.4, -0.2) is 70.4 Å². The molecular formula is C13H17N3O9S. The summed E-state index contributed by atoms with van der Waals surface area (Å²) in [5, 5.41) is 28.3. The van der Waals surface area contributed by atoms with E-state index in [1.807, 2.05) is 0 Å². The lowest BCUT2D eigenvalue weighted by atomic mass is 10.1. The van der Waals surface area contributed by atoms with E-state index in [0.717, 1.165) is 29.2 Å². The molecule has 144 valence electrons. The van der Waals surface area contributed by atoms with Gasteiger partial charge in [0.05, 0.1) is 12.9 Å². The highest BCUT2D eigenvalue weighted by Gasteiger charge is 2.47. The van der Waals surface area contributed by atoms with Crippen molar-refractivity contribution < 1.29 is 37.5 Å². The van der Waals surface area contributed by atoms with E-state index in [-0.39, 0.29) is 11.4 Å². The molecule has 0 aliphatic carbocycles. The summed E-state index contributed by atoms with van der Waals surface area (Å²) < 4.78 is 33.5. The van der Waals surface area contributed by atoms with Gasteiger partial charge in [0.15, 0.2) is 6.23 Å². The number of aliphatic hydroxyl groups is 2. The fourth-order valence-electron chi connectivity index (χ4n) is 2.39. The molecule has 0 saturated carbocycles. The minimum atomic E-state index is -3.98. The summed E-state index contributed by atoms with van der Waals surface area (Å²) in [7, 11) is -3.98. The van der Waals surface area contributed by atoms with Gasteiger partial charge in [-0.25, -0.2) is 9.59 Å². The predicted molar refractivity (Wildman–Crippen MR) is 86.3 cm³/mol. The maximum Gasteiger partial charge on any atom is 0.351 e. The first kappa shape index (κ1) is 20.0. The zero-order valence-corrected chi connectivity index (χ0v) is 14.2. The first-order valence-electron chi connectivity index (χ1n) is 7.16. The van der Waals surface area contributed by atoms with E-state index < -0.39 is 52.9 Å². The monoisotopic (exact) mass is 391 g/mol. The number of nitrogen functional groups attached to an aromatic ring is 1. The number of aliphatic hydroxyl groups excluding tert-OH is 2. The van der Waals surface area contributed by atoms with E-state index >= 15 is 0 Å². The number of ether oxygens (including phenoxy) is 1. The minimum Gasteiger partial charge on any atom is -0.478 e. The summed E-state index contributed by atoms with van der Waals surface area (Å²) in [5.41, 5.74) is 4.68. The van der Waals surface area contributed by atoms with Crippen LogP contribution in [0.3, 0.4) is 0 Å². The number of hydrogen-bond donors (Lipinski definition) is 4. The number of rotatable bonds is 6. The molecule has 0 amide bonds. The van der Waals surface area contributed by atoms with Crippen molar-refractivity contribution in [3.63, 3.8) is 0 Å².